The fourth-order valence-corrected chi connectivity index (χ4v) is 2.81. The molecule has 148 valence electrons. The first-order valence-corrected chi connectivity index (χ1v) is 8.80. The number of imidazole rings is 1. The molecule has 2 N–H and O–H groups in total. The molecule has 1 heterocycles. The second kappa shape index (κ2) is 8.79. The summed E-state index contributed by atoms with van der Waals surface area (Å²) in [5, 5.41) is 16.1. The molecule has 0 aliphatic rings. The zero-order valence-corrected chi connectivity index (χ0v) is 15.7. The van der Waals surface area contributed by atoms with E-state index in [4.69, 9.17) is 0 Å². The Balaban J connectivity index is 1.55. The topological polar surface area (TPSA) is 119 Å². The average Bonchev–Trinajstić information content (AvgIpc) is 3.19. The molecule has 3 aromatic rings. The maximum absolute atomic E-state index is 12.2. The van der Waals surface area contributed by atoms with Gasteiger partial charge in [0.2, 0.25) is 5.91 Å². The van der Waals surface area contributed by atoms with Crippen molar-refractivity contribution in [3.63, 3.8) is 0 Å². The molecule has 0 saturated heterocycles. The first-order chi connectivity index (χ1) is 13.9. The lowest BCUT2D eigenvalue weighted by Gasteiger charge is -2.09. The molecule has 9 nitrogen and oxygen atoms in total. The van der Waals surface area contributed by atoms with Gasteiger partial charge in [-0.1, -0.05) is 12.1 Å². The zero-order valence-electron chi connectivity index (χ0n) is 15.7. The van der Waals surface area contributed by atoms with Gasteiger partial charge in [0.15, 0.2) is 0 Å². The van der Waals surface area contributed by atoms with Crippen molar-refractivity contribution in [2.24, 2.45) is 0 Å². The third-order valence-electron chi connectivity index (χ3n) is 4.20. The Morgan fingerprint density at radius 3 is 2.72 bits per heavy atom. The van der Waals surface area contributed by atoms with Crippen molar-refractivity contribution in [2.75, 3.05) is 11.9 Å². The van der Waals surface area contributed by atoms with Gasteiger partial charge in [0.1, 0.15) is 0 Å². The van der Waals surface area contributed by atoms with E-state index in [1.165, 1.54) is 18.2 Å². The van der Waals surface area contributed by atoms with E-state index in [9.17, 15) is 19.7 Å². The smallest absolute Gasteiger partial charge is 0.272 e. The number of nitrogens with one attached hydrogen (secondary N) is 2. The van der Waals surface area contributed by atoms with Gasteiger partial charge < -0.3 is 15.2 Å². The molecule has 1 aromatic heterocycles. The lowest BCUT2D eigenvalue weighted by molar-refractivity contribution is -0.385. The Morgan fingerprint density at radius 1 is 1.21 bits per heavy atom. The summed E-state index contributed by atoms with van der Waals surface area (Å²) < 4.78 is 1.91. The summed E-state index contributed by atoms with van der Waals surface area (Å²) in [7, 11) is 0. The number of nitro benzene ring substituents is 1. The van der Waals surface area contributed by atoms with E-state index in [0.29, 0.717) is 17.8 Å². The van der Waals surface area contributed by atoms with Crippen molar-refractivity contribution in [1.29, 1.82) is 0 Å². The van der Waals surface area contributed by atoms with Gasteiger partial charge >= 0.3 is 0 Å². The van der Waals surface area contributed by atoms with Crippen molar-refractivity contribution < 1.29 is 14.5 Å². The Hall–Kier alpha value is -4.01. The molecule has 29 heavy (non-hydrogen) atoms. The van der Waals surface area contributed by atoms with Crippen LogP contribution in [0.2, 0.25) is 0 Å². The van der Waals surface area contributed by atoms with Crippen LogP contribution in [0.3, 0.4) is 0 Å². The summed E-state index contributed by atoms with van der Waals surface area (Å²) in [6.45, 7) is 1.96. The fraction of sp³-hybridized carbons (Fsp3) is 0.150. The van der Waals surface area contributed by atoms with Crippen molar-refractivity contribution in [2.45, 2.75) is 13.5 Å². The van der Waals surface area contributed by atoms with Crippen LogP contribution < -0.4 is 10.6 Å². The molecule has 0 atom stereocenters. The number of hydrogen-bond acceptors (Lipinski definition) is 5. The molecule has 3 rings (SSSR count). The Labute approximate surface area is 166 Å². The number of benzene rings is 2. The highest BCUT2D eigenvalue weighted by molar-refractivity contribution is 5.99. The number of nitrogens with zero attached hydrogens (tertiary/aromatic N) is 3. The van der Waals surface area contributed by atoms with Crippen molar-refractivity contribution in [3.8, 4) is 0 Å². The normalized spacial score (nSPS) is 10.4. The van der Waals surface area contributed by atoms with Crippen molar-refractivity contribution >= 4 is 23.2 Å². The second-order valence-electron chi connectivity index (χ2n) is 6.42. The molecule has 0 saturated carbocycles. The standard InChI is InChI=1S/C20H19N5O4/c1-14-9-16(5-6-18(14)25(28)29)20(27)22-11-19(26)23-17-4-2-3-15(10-17)12-24-8-7-21-13-24/h2-10,13H,11-12H2,1H3,(H,22,27)(H,23,26). The number of carbonyl (C=O) groups is 2. The maximum Gasteiger partial charge on any atom is 0.272 e. The van der Waals surface area contributed by atoms with Crippen LogP contribution in [-0.4, -0.2) is 32.8 Å². The number of rotatable bonds is 7. The molecule has 9 heteroatoms. The summed E-state index contributed by atoms with van der Waals surface area (Å²) >= 11 is 0. The van der Waals surface area contributed by atoms with Crippen LogP contribution in [-0.2, 0) is 11.3 Å². The Morgan fingerprint density at radius 2 is 2.03 bits per heavy atom. The predicted octanol–water partition coefficient (Wildman–Crippen LogP) is 2.52. The van der Waals surface area contributed by atoms with E-state index in [-0.39, 0.29) is 23.7 Å². The van der Waals surface area contributed by atoms with Gasteiger partial charge in [-0.15, -0.1) is 0 Å². The minimum Gasteiger partial charge on any atom is -0.343 e. The van der Waals surface area contributed by atoms with Crippen LogP contribution in [0, 0.1) is 17.0 Å². The predicted molar refractivity (Wildman–Crippen MR) is 107 cm³/mol. The molecule has 0 spiro atoms. The van der Waals surface area contributed by atoms with E-state index >= 15 is 0 Å². The summed E-state index contributed by atoms with van der Waals surface area (Å²) in [5.41, 5.74) is 2.18. The summed E-state index contributed by atoms with van der Waals surface area (Å²) in [4.78, 5) is 38.7. The molecule has 0 radical (unpaired) electrons. The highest BCUT2D eigenvalue weighted by Crippen LogP contribution is 2.18. The molecule has 0 aliphatic heterocycles. The average molecular weight is 393 g/mol. The summed E-state index contributed by atoms with van der Waals surface area (Å²) in [6.07, 6.45) is 5.25. The molecule has 2 amide bonds. The number of aromatic nitrogens is 2. The monoisotopic (exact) mass is 393 g/mol. The number of amides is 2. The lowest BCUT2D eigenvalue weighted by Crippen LogP contribution is -2.32. The fourth-order valence-electron chi connectivity index (χ4n) is 2.81. The number of aryl methyl sites for hydroxylation is 1. The molecule has 2 aromatic carbocycles. The lowest BCUT2D eigenvalue weighted by atomic mass is 10.1. The highest BCUT2D eigenvalue weighted by atomic mass is 16.6. The Bertz CT molecular complexity index is 1050. The molecule has 0 bridgehead atoms. The van der Waals surface area contributed by atoms with Crippen LogP contribution in [0.15, 0.2) is 61.2 Å². The first-order valence-electron chi connectivity index (χ1n) is 8.80. The van der Waals surface area contributed by atoms with Crippen LogP contribution in [0.5, 0.6) is 0 Å². The van der Waals surface area contributed by atoms with Gasteiger partial charge in [-0.25, -0.2) is 4.98 Å². The number of anilines is 1. The van der Waals surface area contributed by atoms with Gasteiger partial charge in [-0.3, -0.25) is 19.7 Å². The summed E-state index contributed by atoms with van der Waals surface area (Å²) in [5.74, 6) is -0.858. The molecular weight excluding hydrogens is 374 g/mol. The minimum atomic E-state index is -0.509. The SMILES string of the molecule is Cc1cc(C(=O)NCC(=O)Nc2cccc(Cn3ccnc3)c2)ccc1[N+](=O)[O-]. The number of carbonyl (C=O) groups excluding carboxylic acids is 2. The van der Waals surface area contributed by atoms with Crippen LogP contribution in [0.1, 0.15) is 21.5 Å². The van der Waals surface area contributed by atoms with Gasteiger partial charge in [-0.2, -0.15) is 0 Å². The van der Waals surface area contributed by atoms with Crippen molar-refractivity contribution in [1.82, 2.24) is 14.9 Å². The molecule has 0 fully saturated rings. The van der Waals surface area contributed by atoms with E-state index in [2.05, 4.69) is 15.6 Å². The van der Waals surface area contributed by atoms with E-state index in [0.717, 1.165) is 5.56 Å². The van der Waals surface area contributed by atoms with Gasteiger partial charge in [-0.05, 0) is 36.8 Å². The molecular formula is C20H19N5O4. The van der Waals surface area contributed by atoms with Gasteiger partial charge in [0.25, 0.3) is 11.6 Å². The van der Waals surface area contributed by atoms with E-state index in [1.807, 2.05) is 29.0 Å². The van der Waals surface area contributed by atoms with Crippen LogP contribution >= 0.6 is 0 Å². The van der Waals surface area contributed by atoms with Crippen molar-refractivity contribution in [3.05, 3.63) is 88.0 Å². The Kier molecular flexibility index (Phi) is 5.98. The third-order valence-corrected chi connectivity index (χ3v) is 4.20. The van der Waals surface area contributed by atoms with E-state index < -0.39 is 10.8 Å². The second-order valence-corrected chi connectivity index (χ2v) is 6.42. The molecule has 0 unspecified atom stereocenters. The number of hydrogen-bond donors (Lipinski definition) is 2. The number of nitro groups is 1. The highest BCUT2D eigenvalue weighted by Gasteiger charge is 2.14. The van der Waals surface area contributed by atoms with Crippen LogP contribution in [0.25, 0.3) is 0 Å². The van der Waals surface area contributed by atoms with Gasteiger partial charge in [0.05, 0.1) is 17.8 Å². The van der Waals surface area contributed by atoms with Crippen LogP contribution in [0.4, 0.5) is 11.4 Å². The first kappa shape index (κ1) is 19.7. The quantitative estimate of drug-likeness (QED) is 0.472. The van der Waals surface area contributed by atoms with E-state index in [1.54, 1.807) is 25.5 Å². The minimum absolute atomic E-state index is 0.0603. The maximum atomic E-state index is 12.2. The largest absolute Gasteiger partial charge is 0.343 e. The summed E-state index contributed by atoms with van der Waals surface area (Å²) in [6, 6.07) is 11.4. The van der Waals surface area contributed by atoms with Gasteiger partial charge in [0, 0.05) is 41.8 Å². The third kappa shape index (κ3) is 5.25. The molecule has 0 aliphatic carbocycles. The zero-order chi connectivity index (χ0) is 20.8.